The number of carbonyl (C=O) groups excluding carboxylic acids is 1. The summed E-state index contributed by atoms with van der Waals surface area (Å²) in [6, 6.07) is 5.29. The molecule has 0 atom stereocenters. The molecule has 1 rings (SSSR count). The van der Waals surface area contributed by atoms with Crippen molar-refractivity contribution < 1.29 is 19.8 Å². The van der Waals surface area contributed by atoms with Gasteiger partial charge in [-0.2, -0.15) is 0 Å². The Morgan fingerprint density at radius 2 is 1.80 bits per heavy atom. The van der Waals surface area contributed by atoms with Gasteiger partial charge in [-0.05, 0) is 38.4 Å². The van der Waals surface area contributed by atoms with Crippen molar-refractivity contribution in [3.05, 3.63) is 24.3 Å². The van der Waals surface area contributed by atoms with Gasteiger partial charge in [0.05, 0.1) is 0 Å². The van der Waals surface area contributed by atoms with E-state index in [2.05, 4.69) is 5.32 Å². The van der Waals surface area contributed by atoms with E-state index in [1.807, 2.05) is 19.0 Å². The number of aromatic hydroxyl groups is 1. The Labute approximate surface area is 117 Å². The number of phenolic OH excluding ortho intramolecular Hbond substituents is 1. The lowest BCUT2D eigenvalue weighted by Gasteiger charge is -2.22. The first-order valence-electron chi connectivity index (χ1n) is 6.11. The molecule has 0 spiro atoms. The van der Waals surface area contributed by atoms with Crippen molar-refractivity contribution in [2.45, 2.75) is 0 Å². The maximum Gasteiger partial charge on any atom is 0.323 e. The van der Waals surface area contributed by atoms with Crippen molar-refractivity contribution in [2.24, 2.45) is 0 Å². The molecule has 2 amide bonds. The molecule has 0 heterocycles. The topological polar surface area (TPSA) is 93.1 Å². The van der Waals surface area contributed by atoms with Gasteiger partial charge in [-0.25, -0.2) is 4.79 Å². The predicted octanol–water partition coefficient (Wildman–Crippen LogP) is 0.554. The molecule has 0 aliphatic rings. The zero-order chi connectivity index (χ0) is 15.1. The average Bonchev–Trinajstić information content (AvgIpc) is 2.36. The van der Waals surface area contributed by atoms with Crippen molar-refractivity contribution in [3.8, 4) is 5.75 Å². The van der Waals surface area contributed by atoms with Crippen molar-refractivity contribution >= 4 is 17.7 Å². The molecule has 0 radical (unpaired) electrons. The van der Waals surface area contributed by atoms with Crippen LogP contribution in [0.3, 0.4) is 0 Å². The number of phenols is 1. The van der Waals surface area contributed by atoms with E-state index >= 15 is 0 Å². The highest BCUT2D eigenvalue weighted by Gasteiger charge is 2.18. The zero-order valence-electron chi connectivity index (χ0n) is 11.5. The molecule has 0 saturated carbocycles. The van der Waals surface area contributed by atoms with E-state index in [-0.39, 0.29) is 5.75 Å². The van der Waals surface area contributed by atoms with Crippen LogP contribution in [0.5, 0.6) is 5.75 Å². The molecular formula is C13H19N3O4. The molecule has 0 unspecified atom stereocenters. The van der Waals surface area contributed by atoms with Gasteiger partial charge in [0.25, 0.3) is 0 Å². The molecule has 1 aromatic rings. The second-order valence-corrected chi connectivity index (χ2v) is 4.53. The Morgan fingerprint density at radius 3 is 2.30 bits per heavy atom. The Balaban J connectivity index is 2.75. The van der Waals surface area contributed by atoms with E-state index in [1.54, 1.807) is 0 Å². The number of carbonyl (C=O) groups is 2. The summed E-state index contributed by atoms with van der Waals surface area (Å²) in [5.74, 6) is -1.06. The molecule has 3 N–H and O–H groups in total. The third-order valence-corrected chi connectivity index (χ3v) is 2.54. The van der Waals surface area contributed by atoms with Crippen LogP contribution in [0, 0.1) is 0 Å². The van der Waals surface area contributed by atoms with Crippen molar-refractivity contribution in [2.75, 3.05) is 38.6 Å². The lowest BCUT2D eigenvalue weighted by Crippen LogP contribution is -2.44. The van der Waals surface area contributed by atoms with Gasteiger partial charge in [-0.15, -0.1) is 0 Å². The highest BCUT2D eigenvalue weighted by atomic mass is 16.4. The number of urea groups is 1. The Bertz CT molecular complexity index is 459. The number of carboxylic acids is 1. The van der Waals surface area contributed by atoms with Gasteiger partial charge in [0, 0.05) is 18.8 Å². The van der Waals surface area contributed by atoms with Crippen LogP contribution in [-0.4, -0.2) is 60.8 Å². The Kier molecular flexibility index (Phi) is 5.79. The van der Waals surface area contributed by atoms with E-state index < -0.39 is 18.5 Å². The van der Waals surface area contributed by atoms with Crippen LogP contribution in [0.2, 0.25) is 0 Å². The summed E-state index contributed by atoms with van der Waals surface area (Å²) in [5.41, 5.74) is 0.410. The second-order valence-electron chi connectivity index (χ2n) is 4.53. The van der Waals surface area contributed by atoms with Crippen LogP contribution >= 0.6 is 0 Å². The number of likely N-dealkylation sites (N-methyl/N-ethyl adjacent to an activating group) is 1. The predicted molar refractivity (Wildman–Crippen MR) is 75.0 cm³/mol. The standard InChI is InChI=1S/C13H19N3O4/c1-15(2)8-7-14-13(20)16(9-12(18)19)10-3-5-11(17)6-4-10/h3-6,17H,7-9H2,1-2H3,(H,14,20)(H,18,19). The van der Waals surface area contributed by atoms with Gasteiger partial charge in [-0.3, -0.25) is 9.69 Å². The number of hydrogen-bond acceptors (Lipinski definition) is 4. The van der Waals surface area contributed by atoms with E-state index in [0.717, 1.165) is 4.90 Å². The molecule has 7 heteroatoms. The number of benzene rings is 1. The van der Waals surface area contributed by atoms with Crippen LogP contribution in [0.4, 0.5) is 10.5 Å². The molecular weight excluding hydrogens is 262 g/mol. The third kappa shape index (κ3) is 5.15. The first kappa shape index (κ1) is 15.8. The first-order valence-corrected chi connectivity index (χ1v) is 6.11. The molecule has 1 aromatic carbocycles. The van der Waals surface area contributed by atoms with Crippen LogP contribution in [0.15, 0.2) is 24.3 Å². The number of carboxylic acid groups (broad SMARTS) is 1. The van der Waals surface area contributed by atoms with E-state index in [4.69, 9.17) is 5.11 Å². The van der Waals surface area contributed by atoms with Crippen molar-refractivity contribution in [1.29, 1.82) is 0 Å². The van der Waals surface area contributed by atoms with Gasteiger partial charge < -0.3 is 20.4 Å². The number of nitrogens with one attached hydrogen (secondary N) is 1. The highest BCUT2D eigenvalue weighted by Crippen LogP contribution is 2.18. The van der Waals surface area contributed by atoms with Crippen molar-refractivity contribution in [3.63, 3.8) is 0 Å². The van der Waals surface area contributed by atoms with Gasteiger partial charge >= 0.3 is 12.0 Å². The van der Waals surface area contributed by atoms with Crippen LogP contribution in [-0.2, 0) is 4.79 Å². The van der Waals surface area contributed by atoms with E-state index in [1.165, 1.54) is 24.3 Å². The molecule has 0 aliphatic carbocycles. The van der Waals surface area contributed by atoms with Crippen LogP contribution < -0.4 is 10.2 Å². The number of amides is 2. The Morgan fingerprint density at radius 1 is 1.20 bits per heavy atom. The Hall–Kier alpha value is -2.28. The average molecular weight is 281 g/mol. The fourth-order valence-electron chi connectivity index (χ4n) is 1.53. The van der Waals surface area contributed by atoms with Crippen molar-refractivity contribution in [1.82, 2.24) is 10.2 Å². The van der Waals surface area contributed by atoms with E-state index in [9.17, 15) is 14.7 Å². The summed E-state index contributed by atoms with van der Waals surface area (Å²) in [5, 5.41) is 20.8. The first-order chi connectivity index (χ1) is 9.40. The lowest BCUT2D eigenvalue weighted by molar-refractivity contribution is -0.135. The fourth-order valence-corrected chi connectivity index (χ4v) is 1.53. The maximum atomic E-state index is 12.0. The monoisotopic (exact) mass is 281 g/mol. The minimum Gasteiger partial charge on any atom is -0.508 e. The molecule has 0 fully saturated rings. The zero-order valence-corrected chi connectivity index (χ0v) is 11.5. The SMILES string of the molecule is CN(C)CCNC(=O)N(CC(=O)O)c1ccc(O)cc1. The number of rotatable bonds is 6. The summed E-state index contributed by atoms with van der Waals surface area (Å²) in [6.07, 6.45) is 0. The summed E-state index contributed by atoms with van der Waals surface area (Å²) < 4.78 is 0. The molecule has 0 saturated heterocycles. The molecule has 0 bridgehead atoms. The lowest BCUT2D eigenvalue weighted by atomic mass is 10.3. The minimum atomic E-state index is -1.11. The summed E-state index contributed by atoms with van der Waals surface area (Å²) >= 11 is 0. The van der Waals surface area contributed by atoms with Crippen LogP contribution in [0.1, 0.15) is 0 Å². The smallest absolute Gasteiger partial charge is 0.323 e. The minimum absolute atomic E-state index is 0.0528. The van der Waals surface area contributed by atoms with Gasteiger partial charge in [0.2, 0.25) is 0 Å². The summed E-state index contributed by atoms with van der Waals surface area (Å²) in [6.45, 7) is 0.626. The second kappa shape index (κ2) is 7.34. The third-order valence-electron chi connectivity index (χ3n) is 2.54. The quantitative estimate of drug-likeness (QED) is 0.708. The highest BCUT2D eigenvalue weighted by molar-refractivity contribution is 5.96. The van der Waals surface area contributed by atoms with E-state index in [0.29, 0.717) is 18.8 Å². The summed E-state index contributed by atoms with van der Waals surface area (Å²) in [7, 11) is 3.75. The van der Waals surface area contributed by atoms with Gasteiger partial charge in [-0.1, -0.05) is 0 Å². The number of hydrogen-bond donors (Lipinski definition) is 3. The van der Waals surface area contributed by atoms with Gasteiger partial charge in [0.1, 0.15) is 12.3 Å². The number of aliphatic carboxylic acids is 1. The normalized spacial score (nSPS) is 10.3. The summed E-state index contributed by atoms with van der Waals surface area (Å²) in [4.78, 5) is 25.9. The molecule has 0 aliphatic heterocycles. The molecule has 7 nitrogen and oxygen atoms in total. The number of nitrogens with zero attached hydrogens (tertiary/aromatic N) is 2. The molecule has 20 heavy (non-hydrogen) atoms. The molecule has 0 aromatic heterocycles. The largest absolute Gasteiger partial charge is 0.508 e. The van der Waals surface area contributed by atoms with Crippen LogP contribution in [0.25, 0.3) is 0 Å². The maximum absolute atomic E-state index is 12.0. The fraction of sp³-hybridized carbons (Fsp3) is 0.385. The number of anilines is 1. The van der Waals surface area contributed by atoms with Gasteiger partial charge in [0.15, 0.2) is 0 Å². The molecule has 110 valence electrons.